The first-order chi connectivity index (χ1) is 13.8. The summed E-state index contributed by atoms with van der Waals surface area (Å²) in [5.41, 5.74) is 5.47. The Morgan fingerprint density at radius 2 is 1.23 bits per heavy atom. The summed E-state index contributed by atoms with van der Waals surface area (Å²) >= 11 is 0. The molecular formula is C19H34N4O7. The predicted octanol–water partition coefficient (Wildman–Crippen LogP) is -0.560. The number of amides is 3. The molecule has 7 N–H and O–H groups in total. The molecule has 0 fully saturated rings. The Morgan fingerprint density at radius 3 is 1.67 bits per heavy atom. The number of aliphatic carboxylic acids is 2. The van der Waals surface area contributed by atoms with Crippen molar-refractivity contribution in [1.29, 1.82) is 0 Å². The van der Waals surface area contributed by atoms with E-state index in [1.807, 2.05) is 6.92 Å². The molecule has 0 heterocycles. The second-order valence-corrected chi connectivity index (χ2v) is 7.52. The molecule has 6 unspecified atom stereocenters. The molecule has 0 bridgehead atoms. The highest BCUT2D eigenvalue weighted by molar-refractivity contribution is 5.94. The number of hydrogen-bond donors (Lipinski definition) is 6. The van der Waals surface area contributed by atoms with Crippen LogP contribution in [0.1, 0.15) is 53.9 Å². The van der Waals surface area contributed by atoms with Crippen LogP contribution < -0.4 is 21.7 Å². The molecule has 0 radical (unpaired) electrons. The molecule has 0 aromatic heterocycles. The zero-order valence-electron chi connectivity index (χ0n) is 18.1. The van der Waals surface area contributed by atoms with Crippen molar-refractivity contribution in [3.63, 3.8) is 0 Å². The molecule has 30 heavy (non-hydrogen) atoms. The molecule has 0 saturated carbocycles. The minimum Gasteiger partial charge on any atom is -0.481 e. The molecule has 11 nitrogen and oxygen atoms in total. The minimum atomic E-state index is -1.32. The molecule has 11 heteroatoms. The normalized spacial score (nSPS) is 16.9. The molecule has 0 aliphatic rings. The summed E-state index contributed by atoms with van der Waals surface area (Å²) < 4.78 is 0. The van der Waals surface area contributed by atoms with Gasteiger partial charge in [0.05, 0.1) is 12.5 Å². The summed E-state index contributed by atoms with van der Waals surface area (Å²) in [6, 6.07) is -4.52. The predicted molar refractivity (Wildman–Crippen MR) is 108 cm³/mol. The first-order valence-electron chi connectivity index (χ1n) is 9.96. The smallest absolute Gasteiger partial charge is 0.326 e. The molecule has 0 aliphatic carbocycles. The number of carboxylic acids is 2. The van der Waals surface area contributed by atoms with E-state index in [2.05, 4.69) is 16.0 Å². The van der Waals surface area contributed by atoms with Crippen LogP contribution in [0.2, 0.25) is 0 Å². The van der Waals surface area contributed by atoms with Crippen LogP contribution in [0.15, 0.2) is 0 Å². The Kier molecular flexibility index (Phi) is 11.6. The average Bonchev–Trinajstić information content (AvgIpc) is 2.67. The van der Waals surface area contributed by atoms with E-state index in [1.165, 1.54) is 6.92 Å². The summed E-state index contributed by atoms with van der Waals surface area (Å²) in [6.45, 7) is 8.42. The maximum atomic E-state index is 12.7. The van der Waals surface area contributed by atoms with Gasteiger partial charge in [-0.25, -0.2) is 4.79 Å². The minimum absolute atomic E-state index is 0.308. The van der Waals surface area contributed by atoms with Crippen LogP contribution in [0.5, 0.6) is 0 Å². The standard InChI is InChI=1S/C19H34N4O7/c1-6-9(3)14(18(28)23-15(19(29)30)10(4)7-2)22-16(26)11(5)21-17(27)12(20)8-13(24)25/h9-12,14-15H,6-8,20H2,1-5H3,(H,21,27)(H,22,26)(H,23,28)(H,24,25)(H,29,30). The average molecular weight is 431 g/mol. The number of rotatable bonds is 13. The fourth-order valence-corrected chi connectivity index (χ4v) is 2.57. The van der Waals surface area contributed by atoms with Gasteiger partial charge in [0.25, 0.3) is 0 Å². The molecule has 6 atom stereocenters. The van der Waals surface area contributed by atoms with Gasteiger partial charge in [0.15, 0.2) is 0 Å². The second-order valence-electron chi connectivity index (χ2n) is 7.52. The van der Waals surface area contributed by atoms with E-state index in [0.717, 1.165) is 0 Å². The van der Waals surface area contributed by atoms with Gasteiger partial charge in [0.1, 0.15) is 18.1 Å². The molecule has 0 aromatic carbocycles. The van der Waals surface area contributed by atoms with Crippen LogP contribution in [0.3, 0.4) is 0 Å². The molecule has 0 aliphatic heterocycles. The van der Waals surface area contributed by atoms with Crippen LogP contribution in [0.4, 0.5) is 0 Å². The summed E-state index contributed by atoms with van der Waals surface area (Å²) in [5.74, 6) is -5.16. The highest BCUT2D eigenvalue weighted by atomic mass is 16.4. The van der Waals surface area contributed by atoms with Crippen LogP contribution in [-0.4, -0.2) is 64.0 Å². The Balaban J connectivity index is 5.21. The van der Waals surface area contributed by atoms with Gasteiger partial charge < -0.3 is 31.9 Å². The first kappa shape index (κ1) is 27.3. The van der Waals surface area contributed by atoms with E-state index in [-0.39, 0.29) is 11.8 Å². The summed E-state index contributed by atoms with van der Waals surface area (Å²) in [5, 5.41) is 25.4. The lowest BCUT2D eigenvalue weighted by Crippen LogP contribution is -2.58. The zero-order chi connectivity index (χ0) is 23.6. The van der Waals surface area contributed by atoms with E-state index in [0.29, 0.717) is 12.8 Å². The lowest BCUT2D eigenvalue weighted by atomic mass is 9.95. The Labute approximate surface area is 176 Å². The monoisotopic (exact) mass is 430 g/mol. The van der Waals surface area contributed by atoms with Crippen LogP contribution in [-0.2, 0) is 24.0 Å². The van der Waals surface area contributed by atoms with Crippen molar-refractivity contribution in [2.24, 2.45) is 17.6 Å². The fraction of sp³-hybridized carbons (Fsp3) is 0.737. The lowest BCUT2D eigenvalue weighted by molar-refractivity contribution is -0.144. The maximum absolute atomic E-state index is 12.7. The first-order valence-corrected chi connectivity index (χ1v) is 9.96. The summed E-state index contributed by atoms with van der Waals surface area (Å²) in [7, 11) is 0. The third-order valence-electron chi connectivity index (χ3n) is 5.05. The van der Waals surface area contributed by atoms with Crippen molar-refractivity contribution < 1.29 is 34.2 Å². The Morgan fingerprint density at radius 1 is 0.767 bits per heavy atom. The number of carbonyl (C=O) groups is 5. The Hall–Kier alpha value is -2.69. The van der Waals surface area contributed by atoms with Crippen LogP contribution in [0.25, 0.3) is 0 Å². The molecule has 0 aromatic rings. The molecular weight excluding hydrogens is 396 g/mol. The Bertz CT molecular complexity index is 640. The van der Waals surface area contributed by atoms with Gasteiger partial charge in [-0.3, -0.25) is 19.2 Å². The van der Waals surface area contributed by atoms with Crippen molar-refractivity contribution in [2.75, 3.05) is 0 Å². The van der Waals surface area contributed by atoms with Crippen LogP contribution in [0, 0.1) is 11.8 Å². The molecule has 3 amide bonds. The summed E-state index contributed by atoms with van der Waals surface area (Å²) in [6.07, 6.45) is 0.477. The van der Waals surface area contributed by atoms with Gasteiger partial charge in [-0.2, -0.15) is 0 Å². The van der Waals surface area contributed by atoms with Crippen molar-refractivity contribution in [1.82, 2.24) is 16.0 Å². The largest absolute Gasteiger partial charge is 0.481 e. The topological polar surface area (TPSA) is 188 Å². The van der Waals surface area contributed by atoms with E-state index >= 15 is 0 Å². The second kappa shape index (κ2) is 12.8. The molecule has 0 spiro atoms. The molecule has 0 saturated heterocycles. The van der Waals surface area contributed by atoms with E-state index in [1.54, 1.807) is 20.8 Å². The van der Waals surface area contributed by atoms with Crippen molar-refractivity contribution >= 4 is 29.7 Å². The maximum Gasteiger partial charge on any atom is 0.326 e. The van der Waals surface area contributed by atoms with Crippen molar-refractivity contribution in [3.8, 4) is 0 Å². The van der Waals surface area contributed by atoms with E-state index < -0.39 is 60.2 Å². The number of carbonyl (C=O) groups excluding carboxylic acids is 3. The lowest BCUT2D eigenvalue weighted by Gasteiger charge is -2.28. The highest BCUT2D eigenvalue weighted by Crippen LogP contribution is 2.12. The molecule has 0 rings (SSSR count). The molecule has 172 valence electrons. The van der Waals surface area contributed by atoms with Gasteiger partial charge in [0.2, 0.25) is 17.7 Å². The zero-order valence-corrected chi connectivity index (χ0v) is 18.1. The van der Waals surface area contributed by atoms with Gasteiger partial charge >= 0.3 is 11.9 Å². The summed E-state index contributed by atoms with van der Waals surface area (Å²) in [4.78, 5) is 59.3. The van der Waals surface area contributed by atoms with E-state index in [4.69, 9.17) is 10.8 Å². The van der Waals surface area contributed by atoms with Gasteiger partial charge in [-0.1, -0.05) is 40.5 Å². The quantitative estimate of drug-likeness (QED) is 0.224. The number of hydrogen-bond acceptors (Lipinski definition) is 6. The number of nitrogens with one attached hydrogen (secondary N) is 3. The van der Waals surface area contributed by atoms with Gasteiger partial charge in [-0.05, 0) is 18.8 Å². The number of nitrogens with two attached hydrogens (primary N) is 1. The number of carboxylic acid groups (broad SMARTS) is 2. The van der Waals surface area contributed by atoms with E-state index in [9.17, 15) is 29.1 Å². The third-order valence-corrected chi connectivity index (χ3v) is 5.05. The van der Waals surface area contributed by atoms with Crippen molar-refractivity contribution in [3.05, 3.63) is 0 Å². The van der Waals surface area contributed by atoms with Crippen molar-refractivity contribution in [2.45, 2.75) is 78.0 Å². The van der Waals surface area contributed by atoms with Gasteiger partial charge in [-0.15, -0.1) is 0 Å². The third kappa shape index (κ3) is 8.76. The SMILES string of the molecule is CCC(C)C(NC(=O)C(NC(=O)C(C)NC(=O)C(N)CC(=O)O)C(C)CC)C(=O)O. The van der Waals surface area contributed by atoms with Gasteiger partial charge in [0, 0.05) is 0 Å². The highest BCUT2D eigenvalue weighted by Gasteiger charge is 2.33. The van der Waals surface area contributed by atoms with Crippen LogP contribution >= 0.6 is 0 Å². The fourth-order valence-electron chi connectivity index (χ4n) is 2.57.